The van der Waals surface area contributed by atoms with Crippen molar-refractivity contribution in [2.24, 2.45) is 4.99 Å². The van der Waals surface area contributed by atoms with Gasteiger partial charge in [0, 0.05) is 59.4 Å². The molecular formula is C22H35F3IN5O. The Labute approximate surface area is 206 Å². The standard InChI is InChI=1S/C22H34F3N5O.HI/c1-17-15-28(11-12-31-17)16-20-6-4-5-19(13-20)14-27-21(26-3)30-9-7-29(8-10-30)18(2)22(23,24)25;/h4-6,13,17-18H,7-12,14-16H2,1-3H3,(H,26,27);1H. The van der Waals surface area contributed by atoms with E-state index >= 15 is 0 Å². The van der Waals surface area contributed by atoms with Crippen molar-refractivity contribution >= 4 is 29.9 Å². The average molecular weight is 569 g/mol. The number of halogens is 4. The molecule has 0 spiro atoms. The Kier molecular flexibility index (Phi) is 10.5. The van der Waals surface area contributed by atoms with Gasteiger partial charge in [-0.15, -0.1) is 24.0 Å². The zero-order valence-electron chi connectivity index (χ0n) is 19.1. The maximum atomic E-state index is 13.0. The molecule has 2 unspecified atom stereocenters. The number of aliphatic imine (C=N–C) groups is 1. The fourth-order valence-corrected chi connectivity index (χ4v) is 4.17. The molecule has 6 nitrogen and oxygen atoms in total. The van der Waals surface area contributed by atoms with Crippen molar-refractivity contribution in [3.8, 4) is 0 Å². The quantitative estimate of drug-likeness (QED) is 0.336. The third-order valence-electron chi connectivity index (χ3n) is 6.02. The van der Waals surface area contributed by atoms with E-state index in [4.69, 9.17) is 4.74 Å². The van der Waals surface area contributed by atoms with E-state index in [-0.39, 0.29) is 30.1 Å². The molecule has 3 rings (SSSR count). The van der Waals surface area contributed by atoms with E-state index in [0.29, 0.717) is 32.7 Å². The smallest absolute Gasteiger partial charge is 0.376 e. The van der Waals surface area contributed by atoms with Crippen LogP contribution in [0.3, 0.4) is 0 Å². The van der Waals surface area contributed by atoms with Crippen LogP contribution in [-0.4, -0.2) is 91.9 Å². The van der Waals surface area contributed by atoms with Gasteiger partial charge in [-0.05, 0) is 25.0 Å². The van der Waals surface area contributed by atoms with Gasteiger partial charge in [0.15, 0.2) is 5.96 Å². The van der Waals surface area contributed by atoms with E-state index in [2.05, 4.69) is 46.4 Å². The van der Waals surface area contributed by atoms with Crippen molar-refractivity contribution in [1.29, 1.82) is 0 Å². The van der Waals surface area contributed by atoms with Crippen LogP contribution in [0.4, 0.5) is 13.2 Å². The molecule has 2 heterocycles. The number of nitrogens with zero attached hydrogens (tertiary/aromatic N) is 4. The monoisotopic (exact) mass is 569 g/mol. The second-order valence-electron chi connectivity index (χ2n) is 8.38. The molecule has 182 valence electrons. The Morgan fingerprint density at radius 1 is 1.19 bits per heavy atom. The molecule has 10 heteroatoms. The molecule has 0 saturated carbocycles. The van der Waals surface area contributed by atoms with Gasteiger partial charge in [0.1, 0.15) is 6.04 Å². The minimum Gasteiger partial charge on any atom is -0.376 e. The Morgan fingerprint density at radius 2 is 1.88 bits per heavy atom. The van der Waals surface area contributed by atoms with E-state index in [9.17, 15) is 13.2 Å². The lowest BCUT2D eigenvalue weighted by Crippen LogP contribution is -2.56. The highest BCUT2D eigenvalue weighted by Gasteiger charge is 2.41. The lowest BCUT2D eigenvalue weighted by Gasteiger charge is -2.39. The number of piperazine rings is 1. The number of hydrogen-bond donors (Lipinski definition) is 1. The van der Waals surface area contributed by atoms with Gasteiger partial charge >= 0.3 is 6.18 Å². The number of rotatable bonds is 5. The van der Waals surface area contributed by atoms with Crippen LogP contribution in [0.15, 0.2) is 29.3 Å². The first kappa shape index (κ1) is 27.1. The number of morpholine rings is 1. The van der Waals surface area contributed by atoms with E-state index in [1.54, 1.807) is 7.05 Å². The van der Waals surface area contributed by atoms with Gasteiger partial charge in [0.05, 0.1) is 12.7 Å². The molecule has 2 atom stereocenters. The number of guanidine groups is 1. The van der Waals surface area contributed by atoms with Crippen LogP contribution in [0.5, 0.6) is 0 Å². The number of hydrogen-bond acceptors (Lipinski definition) is 4. The highest BCUT2D eigenvalue weighted by Crippen LogP contribution is 2.25. The summed E-state index contributed by atoms with van der Waals surface area (Å²) in [6.45, 7) is 9.29. The summed E-state index contributed by atoms with van der Waals surface area (Å²) in [5.41, 5.74) is 2.42. The number of ether oxygens (including phenoxy) is 1. The maximum Gasteiger partial charge on any atom is 0.403 e. The van der Waals surface area contributed by atoms with Crippen LogP contribution in [0.25, 0.3) is 0 Å². The highest BCUT2D eigenvalue weighted by atomic mass is 127. The van der Waals surface area contributed by atoms with Crippen LogP contribution in [-0.2, 0) is 17.8 Å². The number of benzene rings is 1. The summed E-state index contributed by atoms with van der Waals surface area (Å²) < 4.78 is 44.5. The second kappa shape index (κ2) is 12.4. The van der Waals surface area contributed by atoms with Gasteiger partial charge in [-0.1, -0.05) is 24.3 Å². The van der Waals surface area contributed by atoms with E-state index in [1.807, 2.05) is 4.90 Å². The van der Waals surface area contributed by atoms with E-state index < -0.39 is 12.2 Å². The molecule has 1 N–H and O–H groups in total. The van der Waals surface area contributed by atoms with Crippen LogP contribution < -0.4 is 5.32 Å². The molecule has 32 heavy (non-hydrogen) atoms. The summed E-state index contributed by atoms with van der Waals surface area (Å²) >= 11 is 0. The van der Waals surface area contributed by atoms with Crippen molar-refractivity contribution in [3.63, 3.8) is 0 Å². The Bertz CT molecular complexity index is 741. The van der Waals surface area contributed by atoms with Gasteiger partial charge in [0.2, 0.25) is 0 Å². The van der Waals surface area contributed by atoms with Crippen LogP contribution in [0, 0.1) is 0 Å². The first-order valence-corrected chi connectivity index (χ1v) is 10.9. The highest BCUT2D eigenvalue weighted by molar-refractivity contribution is 14.0. The van der Waals surface area contributed by atoms with Gasteiger partial charge in [0.25, 0.3) is 0 Å². The van der Waals surface area contributed by atoms with Gasteiger partial charge < -0.3 is 15.0 Å². The topological polar surface area (TPSA) is 43.3 Å². The summed E-state index contributed by atoms with van der Waals surface area (Å²) in [5.74, 6) is 0.728. The van der Waals surface area contributed by atoms with Crippen molar-refractivity contribution in [3.05, 3.63) is 35.4 Å². The molecule has 0 aromatic heterocycles. The zero-order chi connectivity index (χ0) is 22.4. The third kappa shape index (κ3) is 7.74. The predicted molar refractivity (Wildman–Crippen MR) is 131 cm³/mol. The first-order valence-electron chi connectivity index (χ1n) is 10.9. The lowest BCUT2D eigenvalue weighted by atomic mass is 10.1. The summed E-state index contributed by atoms with van der Waals surface area (Å²) in [6.07, 6.45) is -3.92. The molecule has 2 fully saturated rings. The van der Waals surface area contributed by atoms with Gasteiger partial charge in [-0.2, -0.15) is 13.2 Å². The molecule has 0 amide bonds. The first-order chi connectivity index (χ1) is 14.8. The minimum absolute atomic E-state index is 0. The fraction of sp³-hybridized carbons (Fsp3) is 0.682. The number of nitrogens with one attached hydrogen (secondary N) is 1. The molecule has 2 aliphatic rings. The number of alkyl halides is 3. The normalized spacial score (nSPS) is 22.4. The molecule has 2 saturated heterocycles. The molecule has 1 aromatic carbocycles. The molecule has 0 bridgehead atoms. The van der Waals surface area contributed by atoms with Crippen LogP contribution >= 0.6 is 24.0 Å². The summed E-state index contributed by atoms with van der Waals surface area (Å²) in [6, 6.07) is 7.06. The van der Waals surface area contributed by atoms with Crippen LogP contribution in [0.1, 0.15) is 25.0 Å². The fourth-order valence-electron chi connectivity index (χ4n) is 4.17. The van der Waals surface area contributed by atoms with E-state index in [1.165, 1.54) is 17.4 Å². The molecule has 1 aromatic rings. The molecule has 2 aliphatic heterocycles. The predicted octanol–water partition coefficient (Wildman–Crippen LogP) is 3.17. The summed E-state index contributed by atoms with van der Waals surface area (Å²) in [4.78, 5) is 10.3. The lowest BCUT2D eigenvalue weighted by molar-refractivity contribution is -0.181. The maximum absolute atomic E-state index is 13.0. The SMILES string of the molecule is CN=C(NCc1cccc(CN2CCOC(C)C2)c1)N1CCN(C(C)C(F)(F)F)CC1.I. The van der Waals surface area contributed by atoms with Gasteiger partial charge in [-0.25, -0.2) is 0 Å². The van der Waals surface area contributed by atoms with Crippen LogP contribution in [0.2, 0.25) is 0 Å². The summed E-state index contributed by atoms with van der Waals surface area (Å²) in [5, 5.41) is 3.37. The Balaban J connectivity index is 0.00000363. The van der Waals surface area contributed by atoms with Gasteiger partial charge in [-0.3, -0.25) is 14.8 Å². The Hall–Kier alpha value is -1.11. The molecule has 0 aliphatic carbocycles. The van der Waals surface area contributed by atoms with Crippen molar-refractivity contribution < 1.29 is 17.9 Å². The zero-order valence-corrected chi connectivity index (χ0v) is 21.4. The molecule has 0 radical (unpaired) electrons. The third-order valence-corrected chi connectivity index (χ3v) is 6.02. The summed E-state index contributed by atoms with van der Waals surface area (Å²) in [7, 11) is 1.71. The second-order valence-corrected chi connectivity index (χ2v) is 8.38. The minimum atomic E-state index is -4.19. The largest absolute Gasteiger partial charge is 0.403 e. The van der Waals surface area contributed by atoms with E-state index in [0.717, 1.165) is 37.8 Å². The molecular weight excluding hydrogens is 534 g/mol. The van der Waals surface area contributed by atoms with Crippen molar-refractivity contribution in [1.82, 2.24) is 20.0 Å². The van der Waals surface area contributed by atoms with Crippen molar-refractivity contribution in [2.45, 2.75) is 45.3 Å². The Morgan fingerprint density at radius 3 is 2.50 bits per heavy atom. The van der Waals surface area contributed by atoms with Crippen molar-refractivity contribution in [2.75, 3.05) is 52.9 Å². The average Bonchev–Trinajstić information content (AvgIpc) is 2.74.